The summed E-state index contributed by atoms with van der Waals surface area (Å²) in [6, 6.07) is -0.454. The van der Waals surface area contributed by atoms with Crippen LogP contribution in [0.15, 0.2) is 0 Å². The van der Waals surface area contributed by atoms with Gasteiger partial charge in [-0.25, -0.2) is 0 Å². The van der Waals surface area contributed by atoms with Crippen molar-refractivity contribution in [3.63, 3.8) is 0 Å². The summed E-state index contributed by atoms with van der Waals surface area (Å²) in [6.45, 7) is 0.951. The minimum Gasteiger partial charge on any atom is -0.395 e. The smallest absolute Gasteiger partial charge is 0.109 e. The van der Waals surface area contributed by atoms with Crippen molar-refractivity contribution >= 4 is 0 Å². The fourth-order valence-electron chi connectivity index (χ4n) is 6.91. The van der Waals surface area contributed by atoms with Gasteiger partial charge in [-0.15, -0.1) is 0 Å². The molecule has 0 spiro atoms. The van der Waals surface area contributed by atoms with E-state index in [9.17, 15) is 10.2 Å². The second kappa shape index (κ2) is 8.04. The van der Waals surface area contributed by atoms with Crippen molar-refractivity contribution < 1.29 is 20.1 Å². The van der Waals surface area contributed by atoms with Gasteiger partial charge in [-0.2, -0.15) is 0 Å². The third kappa shape index (κ3) is 3.97. The highest BCUT2D eigenvalue weighted by molar-refractivity contribution is 5.01. The molecule has 26 heavy (non-hydrogen) atoms. The van der Waals surface area contributed by atoms with Crippen LogP contribution < -0.4 is 5.32 Å². The average molecular weight is 368 g/mol. The highest BCUT2D eigenvalue weighted by Gasteiger charge is 2.50. The van der Waals surface area contributed by atoms with E-state index >= 15 is 0 Å². The van der Waals surface area contributed by atoms with Gasteiger partial charge in [0.25, 0.3) is 0 Å². The maximum Gasteiger partial charge on any atom is 0.109 e. The van der Waals surface area contributed by atoms with Crippen LogP contribution in [-0.4, -0.2) is 59.4 Å². The largest absolute Gasteiger partial charge is 0.395 e. The van der Waals surface area contributed by atoms with E-state index in [0.29, 0.717) is 18.6 Å². The molecule has 5 fully saturated rings. The standard InChI is InChI=1S/C21H37NO4/c23-13-17-19(24)20(25)18(12-22-17)26-5-3-1-2-4-21-9-14-6-15(10-21)8-16(7-14)11-21/h14-20,22-25H,1-13H2/t14?,15?,16?,17-,18+,19-,20-,21?/m1/s1. The van der Waals surface area contributed by atoms with E-state index in [2.05, 4.69) is 5.32 Å². The van der Waals surface area contributed by atoms with E-state index in [1.165, 1.54) is 57.8 Å². The zero-order chi connectivity index (χ0) is 18.1. The zero-order valence-electron chi connectivity index (χ0n) is 16.0. The minimum atomic E-state index is -0.963. The van der Waals surface area contributed by atoms with Crippen LogP contribution in [0.2, 0.25) is 0 Å². The second-order valence-corrected chi connectivity index (χ2v) is 9.82. The number of nitrogens with one attached hydrogen (secondary N) is 1. The third-order valence-corrected chi connectivity index (χ3v) is 7.77. The molecule has 5 heteroatoms. The molecule has 4 saturated carbocycles. The van der Waals surface area contributed by atoms with Gasteiger partial charge in [-0.05, 0) is 74.5 Å². The molecule has 0 aromatic carbocycles. The van der Waals surface area contributed by atoms with Crippen LogP contribution in [0.4, 0.5) is 0 Å². The lowest BCUT2D eigenvalue weighted by atomic mass is 9.48. The van der Waals surface area contributed by atoms with Crippen molar-refractivity contribution in [2.75, 3.05) is 19.8 Å². The van der Waals surface area contributed by atoms with Gasteiger partial charge in [0.2, 0.25) is 0 Å². The first-order valence-corrected chi connectivity index (χ1v) is 10.9. The van der Waals surface area contributed by atoms with E-state index in [1.807, 2.05) is 0 Å². The first-order valence-electron chi connectivity index (χ1n) is 10.9. The summed E-state index contributed by atoms with van der Waals surface area (Å²) in [5.41, 5.74) is 0.683. The number of unbranched alkanes of at least 4 members (excludes halogenated alkanes) is 2. The van der Waals surface area contributed by atoms with Crippen LogP contribution in [0.5, 0.6) is 0 Å². The molecule has 0 radical (unpaired) electrons. The molecule has 0 unspecified atom stereocenters. The molecule has 5 rings (SSSR count). The number of ether oxygens (including phenoxy) is 1. The van der Waals surface area contributed by atoms with Gasteiger partial charge >= 0.3 is 0 Å². The number of rotatable bonds is 8. The monoisotopic (exact) mass is 367 g/mol. The molecule has 4 bridgehead atoms. The Kier molecular flexibility index (Phi) is 5.92. The molecule has 4 N–H and O–H groups in total. The van der Waals surface area contributed by atoms with Crippen LogP contribution in [0.1, 0.15) is 64.2 Å². The van der Waals surface area contributed by atoms with Crippen molar-refractivity contribution in [3.05, 3.63) is 0 Å². The average Bonchev–Trinajstić information content (AvgIpc) is 2.60. The lowest BCUT2D eigenvalue weighted by Gasteiger charge is -2.57. The molecule has 150 valence electrons. The maximum atomic E-state index is 10.1. The lowest BCUT2D eigenvalue weighted by Crippen LogP contribution is -2.61. The Morgan fingerprint density at radius 3 is 2.15 bits per heavy atom. The highest BCUT2D eigenvalue weighted by atomic mass is 16.5. The van der Waals surface area contributed by atoms with Crippen molar-refractivity contribution in [2.24, 2.45) is 23.2 Å². The number of piperidine rings is 1. The Morgan fingerprint density at radius 2 is 1.54 bits per heavy atom. The molecule has 4 aliphatic carbocycles. The molecular weight excluding hydrogens is 330 g/mol. The van der Waals surface area contributed by atoms with Crippen molar-refractivity contribution in [1.82, 2.24) is 5.32 Å². The van der Waals surface area contributed by atoms with Crippen molar-refractivity contribution in [2.45, 2.75) is 88.6 Å². The van der Waals surface area contributed by atoms with E-state index in [0.717, 1.165) is 24.2 Å². The Balaban J connectivity index is 1.12. The number of hydrogen-bond donors (Lipinski definition) is 4. The predicted octanol–water partition coefficient (Wildman–Crippen LogP) is 1.83. The molecule has 0 amide bonds. The Hall–Kier alpha value is -0.200. The molecule has 1 aliphatic heterocycles. The lowest BCUT2D eigenvalue weighted by molar-refractivity contribution is -0.124. The highest BCUT2D eigenvalue weighted by Crippen LogP contribution is 2.61. The van der Waals surface area contributed by atoms with Gasteiger partial charge in [0.15, 0.2) is 0 Å². The van der Waals surface area contributed by atoms with Crippen LogP contribution in [0, 0.1) is 23.2 Å². The summed E-state index contributed by atoms with van der Waals surface area (Å²) in [6.07, 6.45) is 11.7. The normalized spacial score (nSPS) is 47.4. The van der Waals surface area contributed by atoms with E-state index < -0.39 is 18.2 Å². The Labute approximate surface area is 157 Å². The maximum absolute atomic E-state index is 10.1. The molecule has 5 aliphatic rings. The van der Waals surface area contributed by atoms with Crippen molar-refractivity contribution in [1.29, 1.82) is 0 Å². The molecule has 1 saturated heterocycles. The Morgan fingerprint density at radius 1 is 0.885 bits per heavy atom. The number of hydrogen-bond acceptors (Lipinski definition) is 5. The van der Waals surface area contributed by atoms with Crippen LogP contribution >= 0.6 is 0 Å². The van der Waals surface area contributed by atoms with Crippen LogP contribution in [-0.2, 0) is 4.74 Å². The van der Waals surface area contributed by atoms with Gasteiger partial charge in [-0.1, -0.05) is 12.8 Å². The predicted molar refractivity (Wildman–Crippen MR) is 99.7 cm³/mol. The second-order valence-electron chi connectivity index (χ2n) is 9.82. The number of aliphatic hydroxyl groups is 3. The summed E-state index contributed by atoms with van der Waals surface area (Å²) in [7, 11) is 0. The topological polar surface area (TPSA) is 82.0 Å². The molecule has 4 atom stereocenters. The van der Waals surface area contributed by atoms with Gasteiger partial charge in [0.05, 0.1) is 24.9 Å². The quantitative estimate of drug-likeness (QED) is 0.492. The Bertz CT molecular complexity index is 436. The molecule has 1 heterocycles. The fraction of sp³-hybridized carbons (Fsp3) is 1.00. The summed E-state index contributed by atoms with van der Waals surface area (Å²) in [5, 5.41) is 32.3. The third-order valence-electron chi connectivity index (χ3n) is 7.77. The summed E-state index contributed by atoms with van der Waals surface area (Å²) < 4.78 is 5.80. The van der Waals surface area contributed by atoms with Gasteiger partial charge in [0.1, 0.15) is 6.10 Å². The van der Waals surface area contributed by atoms with Gasteiger partial charge in [0, 0.05) is 13.2 Å². The number of aliphatic hydroxyl groups excluding tert-OH is 3. The first kappa shape index (κ1) is 19.1. The fourth-order valence-corrected chi connectivity index (χ4v) is 6.91. The summed E-state index contributed by atoms with van der Waals surface area (Å²) in [4.78, 5) is 0. The SMILES string of the molecule is OC[C@H]1NC[C@H](OCCCCCC23CC4CC(CC(C4)C2)C3)[C@@H](O)[C@@H]1O. The molecular formula is C21H37NO4. The minimum absolute atomic E-state index is 0.171. The van der Waals surface area contributed by atoms with Gasteiger partial charge < -0.3 is 25.4 Å². The molecule has 5 nitrogen and oxygen atoms in total. The van der Waals surface area contributed by atoms with E-state index in [4.69, 9.17) is 9.84 Å². The molecule has 0 aromatic rings. The summed E-state index contributed by atoms with van der Waals surface area (Å²) >= 11 is 0. The van der Waals surface area contributed by atoms with Crippen LogP contribution in [0.3, 0.4) is 0 Å². The van der Waals surface area contributed by atoms with Crippen LogP contribution in [0.25, 0.3) is 0 Å². The molecule has 0 aromatic heterocycles. The van der Waals surface area contributed by atoms with E-state index in [1.54, 1.807) is 0 Å². The van der Waals surface area contributed by atoms with Gasteiger partial charge in [-0.3, -0.25) is 0 Å². The summed E-state index contributed by atoms with van der Waals surface area (Å²) in [5.74, 6) is 3.12. The zero-order valence-corrected chi connectivity index (χ0v) is 16.0. The van der Waals surface area contributed by atoms with Crippen molar-refractivity contribution in [3.8, 4) is 0 Å². The van der Waals surface area contributed by atoms with E-state index in [-0.39, 0.29) is 12.7 Å². The first-order chi connectivity index (χ1) is 12.6.